The molecule has 92 valence electrons. The molecule has 1 nitrogen and oxygen atoms in total. The van der Waals surface area contributed by atoms with Crippen molar-refractivity contribution in [3.63, 3.8) is 0 Å². The van der Waals surface area contributed by atoms with Crippen LogP contribution < -0.4 is 4.74 Å². The minimum atomic E-state index is 0.408. The maximum Gasteiger partial charge on any atom is 0.122 e. The van der Waals surface area contributed by atoms with Gasteiger partial charge in [0.25, 0.3) is 0 Å². The van der Waals surface area contributed by atoms with E-state index in [2.05, 4.69) is 45.6 Å². The number of ether oxygens (including phenoxy) is 1. The van der Waals surface area contributed by atoms with E-state index in [0.717, 1.165) is 12.2 Å². The highest BCUT2D eigenvalue weighted by atomic mass is 16.5. The summed E-state index contributed by atoms with van der Waals surface area (Å²) in [7, 11) is 1.73. The van der Waals surface area contributed by atoms with Gasteiger partial charge in [0.1, 0.15) is 5.75 Å². The van der Waals surface area contributed by atoms with Gasteiger partial charge in [-0.1, -0.05) is 6.92 Å². The highest BCUT2D eigenvalue weighted by Crippen LogP contribution is 2.28. The fourth-order valence-corrected chi connectivity index (χ4v) is 2.23. The summed E-state index contributed by atoms with van der Waals surface area (Å²) >= 11 is 0. The van der Waals surface area contributed by atoms with Crippen LogP contribution in [0.1, 0.15) is 36.1 Å². The molecule has 0 radical (unpaired) electrons. The van der Waals surface area contributed by atoms with Gasteiger partial charge in [-0.15, -0.1) is 11.8 Å². The predicted octanol–water partition coefficient (Wildman–Crippen LogP) is 3.82. The van der Waals surface area contributed by atoms with Crippen molar-refractivity contribution in [1.82, 2.24) is 0 Å². The molecule has 1 aromatic rings. The summed E-state index contributed by atoms with van der Waals surface area (Å²) in [5, 5.41) is 0. The van der Waals surface area contributed by atoms with Crippen molar-refractivity contribution in [2.75, 3.05) is 7.11 Å². The maximum absolute atomic E-state index is 5.39. The Bertz CT molecular complexity index is 461. The Morgan fingerprint density at radius 1 is 1.24 bits per heavy atom. The van der Waals surface area contributed by atoms with Crippen molar-refractivity contribution in [3.8, 4) is 17.6 Å². The first-order valence-corrected chi connectivity index (χ1v) is 6.07. The first kappa shape index (κ1) is 13.6. The zero-order valence-corrected chi connectivity index (χ0v) is 11.8. The van der Waals surface area contributed by atoms with Crippen LogP contribution in [-0.2, 0) is 6.42 Å². The third-order valence-electron chi connectivity index (χ3n) is 3.33. The summed E-state index contributed by atoms with van der Waals surface area (Å²) < 4.78 is 5.39. The molecule has 1 atom stereocenters. The summed E-state index contributed by atoms with van der Waals surface area (Å²) in [5.41, 5.74) is 5.30. The van der Waals surface area contributed by atoms with Crippen LogP contribution in [0.5, 0.6) is 5.75 Å². The molecular formula is C16H22O. The van der Waals surface area contributed by atoms with Gasteiger partial charge in [0, 0.05) is 5.92 Å². The molecule has 1 rings (SSSR count). The normalized spacial score (nSPS) is 11.6. The second kappa shape index (κ2) is 5.77. The van der Waals surface area contributed by atoms with Crippen LogP contribution in [0.25, 0.3) is 0 Å². The van der Waals surface area contributed by atoms with Crippen LogP contribution in [0.3, 0.4) is 0 Å². The molecule has 0 aliphatic carbocycles. The lowest BCUT2D eigenvalue weighted by Gasteiger charge is -2.17. The molecule has 0 heterocycles. The molecule has 0 aliphatic rings. The molecule has 1 aromatic carbocycles. The van der Waals surface area contributed by atoms with Crippen LogP contribution in [-0.4, -0.2) is 7.11 Å². The minimum absolute atomic E-state index is 0.408. The number of benzene rings is 1. The predicted molar refractivity (Wildman–Crippen MR) is 73.5 cm³/mol. The van der Waals surface area contributed by atoms with Crippen molar-refractivity contribution in [1.29, 1.82) is 0 Å². The van der Waals surface area contributed by atoms with E-state index in [-0.39, 0.29) is 0 Å². The van der Waals surface area contributed by atoms with Gasteiger partial charge in [-0.2, -0.15) is 0 Å². The van der Waals surface area contributed by atoms with Gasteiger partial charge in [-0.05, 0) is 62.4 Å². The van der Waals surface area contributed by atoms with E-state index < -0.39 is 0 Å². The van der Waals surface area contributed by atoms with Crippen molar-refractivity contribution in [2.24, 2.45) is 5.92 Å². The summed E-state index contributed by atoms with van der Waals surface area (Å²) in [4.78, 5) is 0. The Morgan fingerprint density at radius 3 is 2.41 bits per heavy atom. The lowest BCUT2D eigenvalue weighted by atomic mass is 9.91. The standard InChI is InChI=1S/C16H22O/c1-7-8-11(2)9-15-12(3)10-16(17-6)14(5)13(15)4/h10-11H,9H2,1-6H3. The Hall–Kier alpha value is -1.42. The van der Waals surface area contributed by atoms with Crippen molar-refractivity contribution < 1.29 is 4.74 Å². The topological polar surface area (TPSA) is 9.23 Å². The summed E-state index contributed by atoms with van der Waals surface area (Å²) in [5.74, 6) is 7.60. The number of rotatable bonds is 3. The van der Waals surface area contributed by atoms with E-state index in [0.29, 0.717) is 5.92 Å². The fourth-order valence-electron chi connectivity index (χ4n) is 2.23. The van der Waals surface area contributed by atoms with E-state index in [4.69, 9.17) is 4.74 Å². The van der Waals surface area contributed by atoms with E-state index in [9.17, 15) is 0 Å². The molecule has 0 aliphatic heterocycles. The highest BCUT2D eigenvalue weighted by Gasteiger charge is 2.12. The first-order chi connectivity index (χ1) is 8.01. The van der Waals surface area contributed by atoms with Crippen molar-refractivity contribution in [2.45, 2.75) is 41.0 Å². The van der Waals surface area contributed by atoms with E-state index in [1.807, 2.05) is 6.92 Å². The van der Waals surface area contributed by atoms with Gasteiger partial charge in [-0.25, -0.2) is 0 Å². The Labute approximate surface area is 105 Å². The third-order valence-corrected chi connectivity index (χ3v) is 3.33. The number of hydrogen-bond donors (Lipinski definition) is 0. The lowest BCUT2D eigenvalue weighted by Crippen LogP contribution is -2.04. The minimum Gasteiger partial charge on any atom is -0.496 e. The zero-order chi connectivity index (χ0) is 13.0. The van der Waals surface area contributed by atoms with Gasteiger partial charge in [0.05, 0.1) is 7.11 Å². The molecule has 17 heavy (non-hydrogen) atoms. The second-order valence-corrected chi connectivity index (χ2v) is 4.62. The largest absolute Gasteiger partial charge is 0.496 e. The van der Waals surface area contributed by atoms with Gasteiger partial charge < -0.3 is 4.74 Å². The van der Waals surface area contributed by atoms with Crippen LogP contribution in [0, 0.1) is 38.5 Å². The molecule has 0 amide bonds. The van der Waals surface area contributed by atoms with Crippen LogP contribution in [0.2, 0.25) is 0 Å². The highest BCUT2D eigenvalue weighted by molar-refractivity contribution is 5.48. The van der Waals surface area contributed by atoms with Crippen molar-refractivity contribution in [3.05, 3.63) is 28.3 Å². The van der Waals surface area contributed by atoms with Crippen molar-refractivity contribution >= 4 is 0 Å². The molecule has 0 fully saturated rings. The summed E-state index contributed by atoms with van der Waals surface area (Å²) in [6.45, 7) is 10.5. The molecule has 0 bridgehead atoms. The molecule has 1 unspecified atom stereocenters. The molecule has 0 spiro atoms. The van der Waals surface area contributed by atoms with Gasteiger partial charge in [-0.3, -0.25) is 0 Å². The average Bonchev–Trinajstić information content (AvgIpc) is 2.29. The Kier molecular flexibility index (Phi) is 4.63. The smallest absolute Gasteiger partial charge is 0.122 e. The quantitative estimate of drug-likeness (QED) is 0.717. The maximum atomic E-state index is 5.39. The second-order valence-electron chi connectivity index (χ2n) is 4.62. The first-order valence-electron chi connectivity index (χ1n) is 6.07. The monoisotopic (exact) mass is 230 g/mol. The molecular weight excluding hydrogens is 208 g/mol. The van der Waals surface area contributed by atoms with E-state index >= 15 is 0 Å². The summed E-state index contributed by atoms with van der Waals surface area (Å²) in [6, 6.07) is 2.13. The molecule has 0 saturated heterocycles. The SMILES string of the molecule is CC#CC(C)Cc1c(C)cc(OC)c(C)c1C. The third kappa shape index (κ3) is 3.03. The Morgan fingerprint density at radius 2 is 1.88 bits per heavy atom. The molecule has 1 heteroatoms. The van der Waals surface area contributed by atoms with Gasteiger partial charge in [0.15, 0.2) is 0 Å². The molecule has 0 saturated carbocycles. The summed E-state index contributed by atoms with van der Waals surface area (Å²) in [6.07, 6.45) is 1.02. The van der Waals surface area contributed by atoms with Crippen LogP contribution in [0.4, 0.5) is 0 Å². The van der Waals surface area contributed by atoms with Gasteiger partial charge >= 0.3 is 0 Å². The number of hydrogen-bond acceptors (Lipinski definition) is 1. The fraction of sp³-hybridized carbons (Fsp3) is 0.500. The zero-order valence-electron chi connectivity index (χ0n) is 11.8. The van der Waals surface area contributed by atoms with Crippen LogP contribution >= 0.6 is 0 Å². The lowest BCUT2D eigenvalue weighted by molar-refractivity contribution is 0.410. The van der Waals surface area contributed by atoms with Crippen LogP contribution in [0.15, 0.2) is 6.07 Å². The number of aryl methyl sites for hydroxylation is 1. The average molecular weight is 230 g/mol. The number of methoxy groups -OCH3 is 1. The molecule has 0 N–H and O–H groups in total. The van der Waals surface area contributed by atoms with Gasteiger partial charge in [0.2, 0.25) is 0 Å². The Balaban J connectivity index is 3.15. The molecule has 0 aromatic heterocycles. The van der Waals surface area contributed by atoms with E-state index in [1.54, 1.807) is 7.11 Å². The van der Waals surface area contributed by atoms with E-state index in [1.165, 1.54) is 22.3 Å².